The molecule has 194 valence electrons. The Balaban J connectivity index is 1.42. The fourth-order valence-corrected chi connectivity index (χ4v) is 7.87. The summed E-state index contributed by atoms with van der Waals surface area (Å²) in [6.45, 7) is 0.215. The molecular weight excluding hydrogens is 505 g/mol. The van der Waals surface area contributed by atoms with E-state index in [-0.39, 0.29) is 22.9 Å². The Hall–Kier alpha value is -3.11. The lowest BCUT2D eigenvalue weighted by Gasteiger charge is -2.28. The van der Waals surface area contributed by atoms with E-state index in [0.29, 0.717) is 31.2 Å². The fourth-order valence-electron chi connectivity index (χ4n) is 5.92. The van der Waals surface area contributed by atoms with E-state index in [1.165, 1.54) is 10.4 Å². The topological polar surface area (TPSA) is 79.6 Å². The molecule has 3 aromatic rings. The van der Waals surface area contributed by atoms with E-state index in [4.69, 9.17) is 0 Å². The van der Waals surface area contributed by atoms with Crippen LogP contribution in [0.2, 0.25) is 0 Å². The minimum atomic E-state index is -4.64. The van der Waals surface area contributed by atoms with Gasteiger partial charge in [0.2, 0.25) is 10.0 Å². The molecular formula is C27H25F3N2O4S. The lowest BCUT2D eigenvalue weighted by atomic mass is 10.0. The molecule has 1 unspecified atom stereocenters. The number of hydrogen-bond donors (Lipinski definition) is 1. The minimum absolute atomic E-state index is 0.180. The SMILES string of the molecule is O=C(O)c1ccn(-c2cccc3c2CCC3N2CCCc3ccc(C(F)(F)F)cc3S2(=O)=O)c1C1CC1. The van der Waals surface area contributed by atoms with Crippen molar-refractivity contribution in [3.63, 3.8) is 0 Å². The van der Waals surface area contributed by atoms with Crippen molar-refractivity contribution >= 4 is 16.0 Å². The average Bonchev–Trinajstić information content (AvgIpc) is 3.47. The number of hydrogen-bond acceptors (Lipinski definition) is 3. The maximum Gasteiger partial charge on any atom is 0.416 e. The standard InChI is InChI=1S/C27H25F3N2O4S/c28-27(29,30)18-9-8-16-3-2-13-32(37(35,36)24(16)15-18)23-11-10-20-19(23)4-1-5-22(20)31-14-12-21(26(33)34)25(31)17-6-7-17/h1,4-5,8-9,12,14-15,17,23H,2-3,6-7,10-11,13H2,(H,33,34). The second kappa shape index (κ2) is 8.46. The molecule has 1 N–H and O–H groups in total. The number of carbonyl (C=O) groups is 1. The number of sulfonamides is 1. The maximum absolute atomic E-state index is 13.8. The Morgan fingerprint density at radius 3 is 2.51 bits per heavy atom. The summed E-state index contributed by atoms with van der Waals surface area (Å²) in [6.07, 6.45) is 0.955. The van der Waals surface area contributed by atoms with Crippen LogP contribution in [0.1, 0.15) is 75.9 Å². The molecule has 2 heterocycles. The molecule has 2 aromatic carbocycles. The van der Waals surface area contributed by atoms with E-state index in [2.05, 4.69) is 0 Å². The molecule has 0 radical (unpaired) electrons. The average molecular weight is 531 g/mol. The lowest BCUT2D eigenvalue weighted by molar-refractivity contribution is -0.137. The first-order valence-corrected chi connectivity index (χ1v) is 13.8. The van der Waals surface area contributed by atoms with E-state index in [9.17, 15) is 31.5 Å². The largest absolute Gasteiger partial charge is 0.478 e. The van der Waals surface area contributed by atoms with Crippen molar-refractivity contribution in [1.29, 1.82) is 0 Å². The molecule has 1 saturated carbocycles. The van der Waals surface area contributed by atoms with Gasteiger partial charge in [-0.25, -0.2) is 13.2 Å². The number of rotatable bonds is 4. The number of aromatic nitrogens is 1. The highest BCUT2D eigenvalue weighted by molar-refractivity contribution is 7.89. The summed E-state index contributed by atoms with van der Waals surface area (Å²) in [7, 11) is -4.18. The number of nitrogens with zero attached hydrogens (tertiary/aromatic N) is 2. The molecule has 0 saturated heterocycles. The predicted octanol–water partition coefficient (Wildman–Crippen LogP) is 5.70. The first-order valence-electron chi connectivity index (χ1n) is 12.4. The quantitative estimate of drug-likeness (QED) is 0.470. The van der Waals surface area contributed by atoms with Crippen LogP contribution in [0.5, 0.6) is 0 Å². The van der Waals surface area contributed by atoms with Crippen LogP contribution in [0.15, 0.2) is 53.6 Å². The highest BCUT2D eigenvalue weighted by Gasteiger charge is 2.41. The minimum Gasteiger partial charge on any atom is -0.478 e. The van der Waals surface area contributed by atoms with Crippen LogP contribution in [0, 0.1) is 0 Å². The molecule has 2 aliphatic carbocycles. The van der Waals surface area contributed by atoms with Gasteiger partial charge >= 0.3 is 12.1 Å². The summed E-state index contributed by atoms with van der Waals surface area (Å²) in [5.74, 6) is -0.793. The van der Waals surface area contributed by atoms with Gasteiger partial charge in [0.1, 0.15) is 0 Å². The van der Waals surface area contributed by atoms with Gasteiger partial charge in [-0.3, -0.25) is 0 Å². The van der Waals surface area contributed by atoms with Gasteiger partial charge in [-0.2, -0.15) is 17.5 Å². The van der Waals surface area contributed by atoms with Crippen molar-refractivity contribution in [3.05, 3.63) is 82.2 Å². The van der Waals surface area contributed by atoms with Gasteiger partial charge in [-0.1, -0.05) is 18.2 Å². The molecule has 1 fully saturated rings. The Morgan fingerprint density at radius 1 is 1.03 bits per heavy atom. The number of aryl methyl sites for hydroxylation is 1. The summed E-state index contributed by atoms with van der Waals surface area (Å²) in [5.41, 5.74) is 3.09. The highest BCUT2D eigenvalue weighted by Crippen LogP contribution is 2.46. The monoisotopic (exact) mass is 530 g/mol. The van der Waals surface area contributed by atoms with Gasteiger partial charge in [-0.15, -0.1) is 0 Å². The third-order valence-corrected chi connectivity index (χ3v) is 9.74. The van der Waals surface area contributed by atoms with E-state index < -0.39 is 33.8 Å². The molecule has 6 rings (SSSR count). The van der Waals surface area contributed by atoms with Crippen molar-refractivity contribution in [3.8, 4) is 5.69 Å². The van der Waals surface area contributed by atoms with Crippen molar-refractivity contribution in [1.82, 2.24) is 8.87 Å². The van der Waals surface area contributed by atoms with Gasteiger partial charge in [0.25, 0.3) is 0 Å². The van der Waals surface area contributed by atoms with E-state index in [1.807, 2.05) is 22.8 Å². The number of aromatic carboxylic acids is 1. The number of carboxylic acid groups (broad SMARTS) is 1. The first-order chi connectivity index (χ1) is 17.6. The van der Waals surface area contributed by atoms with Crippen LogP contribution in [-0.4, -0.2) is 34.9 Å². The molecule has 0 bridgehead atoms. The van der Waals surface area contributed by atoms with Crippen LogP contribution >= 0.6 is 0 Å². The second-order valence-corrected chi connectivity index (χ2v) is 11.9. The van der Waals surface area contributed by atoms with Crippen molar-refractivity contribution < 1.29 is 31.5 Å². The molecule has 3 aliphatic rings. The number of fused-ring (bicyclic) bond motifs is 2. The zero-order valence-electron chi connectivity index (χ0n) is 19.8. The third kappa shape index (κ3) is 3.97. The fraction of sp³-hybridized carbons (Fsp3) is 0.370. The number of benzene rings is 2. The van der Waals surface area contributed by atoms with E-state index >= 15 is 0 Å². The molecule has 0 spiro atoms. The first kappa shape index (κ1) is 24.2. The van der Waals surface area contributed by atoms with Crippen LogP contribution in [-0.2, 0) is 29.0 Å². The number of carboxylic acids is 1. The summed E-state index contributed by atoms with van der Waals surface area (Å²) < 4.78 is 71.1. The smallest absolute Gasteiger partial charge is 0.416 e. The summed E-state index contributed by atoms with van der Waals surface area (Å²) in [4.78, 5) is 11.6. The highest BCUT2D eigenvalue weighted by atomic mass is 32.2. The van der Waals surface area contributed by atoms with E-state index in [1.54, 1.807) is 12.3 Å². The van der Waals surface area contributed by atoms with Gasteiger partial charge in [0, 0.05) is 30.0 Å². The molecule has 1 aromatic heterocycles. The van der Waals surface area contributed by atoms with E-state index in [0.717, 1.165) is 47.5 Å². The van der Waals surface area contributed by atoms with Gasteiger partial charge in [0.05, 0.1) is 22.1 Å². The Morgan fingerprint density at radius 2 is 1.81 bits per heavy atom. The molecule has 10 heteroatoms. The maximum atomic E-state index is 13.8. The zero-order valence-corrected chi connectivity index (χ0v) is 20.6. The van der Waals surface area contributed by atoms with Crippen LogP contribution in [0.25, 0.3) is 5.69 Å². The van der Waals surface area contributed by atoms with Gasteiger partial charge in [-0.05, 0) is 79.5 Å². The Bertz CT molecular complexity index is 1520. The summed E-state index contributed by atoms with van der Waals surface area (Å²) >= 11 is 0. The van der Waals surface area contributed by atoms with Crippen LogP contribution < -0.4 is 0 Å². The van der Waals surface area contributed by atoms with Gasteiger partial charge < -0.3 is 9.67 Å². The Kier molecular flexibility index (Phi) is 5.54. The number of alkyl halides is 3. The zero-order chi connectivity index (χ0) is 26.1. The molecule has 6 nitrogen and oxygen atoms in total. The molecule has 0 amide bonds. The molecule has 37 heavy (non-hydrogen) atoms. The van der Waals surface area contributed by atoms with Gasteiger partial charge in [0.15, 0.2) is 0 Å². The van der Waals surface area contributed by atoms with Crippen molar-refractivity contribution in [2.45, 2.75) is 61.6 Å². The third-order valence-electron chi connectivity index (χ3n) is 7.75. The Labute approximate surface area is 212 Å². The van der Waals surface area contributed by atoms with Crippen LogP contribution in [0.4, 0.5) is 13.2 Å². The predicted molar refractivity (Wildman–Crippen MR) is 129 cm³/mol. The summed E-state index contributed by atoms with van der Waals surface area (Å²) in [5, 5.41) is 9.69. The normalized spacial score (nSPS) is 21.3. The van der Waals surface area contributed by atoms with Crippen molar-refractivity contribution in [2.75, 3.05) is 6.54 Å². The lowest BCUT2D eigenvalue weighted by Crippen LogP contribution is -2.34. The second-order valence-electron chi connectivity index (χ2n) is 10.0. The molecule has 1 aliphatic heterocycles. The van der Waals surface area contributed by atoms with Crippen molar-refractivity contribution in [2.24, 2.45) is 0 Å². The summed E-state index contributed by atoms with van der Waals surface area (Å²) in [6, 6.07) is 9.74. The molecule has 1 atom stereocenters. The van der Waals surface area contributed by atoms with Crippen LogP contribution in [0.3, 0.4) is 0 Å². The number of halogens is 3.